The lowest BCUT2D eigenvalue weighted by Crippen LogP contribution is -2.15. The largest absolute Gasteiger partial charge is 0.326 e. The number of alkyl halides is 2. The lowest BCUT2D eigenvalue weighted by atomic mass is 10.0. The molecule has 0 aromatic carbocycles. The van der Waals surface area contributed by atoms with Crippen molar-refractivity contribution in [2.45, 2.75) is 20.3 Å². The van der Waals surface area contributed by atoms with Crippen LogP contribution in [0, 0.1) is 13.8 Å². The molecule has 2 rings (SSSR count). The van der Waals surface area contributed by atoms with Crippen molar-refractivity contribution in [2.24, 2.45) is 4.99 Å². The molecule has 1 N–H and O–H groups in total. The van der Waals surface area contributed by atoms with Crippen LogP contribution in [0.1, 0.15) is 16.8 Å². The summed E-state index contributed by atoms with van der Waals surface area (Å²) < 4.78 is 24.9. The lowest BCUT2D eigenvalue weighted by molar-refractivity contribution is 0.227. The normalized spacial score (nSPS) is 15.1. The van der Waals surface area contributed by atoms with E-state index in [0.29, 0.717) is 11.1 Å². The summed E-state index contributed by atoms with van der Waals surface area (Å²) in [4.78, 5) is 18.2. The van der Waals surface area contributed by atoms with Gasteiger partial charge in [-0.05, 0) is 37.1 Å². The van der Waals surface area contributed by atoms with Gasteiger partial charge in [-0.2, -0.15) is 0 Å². The van der Waals surface area contributed by atoms with Crippen molar-refractivity contribution in [3.8, 4) is 0 Å². The van der Waals surface area contributed by atoms with Crippen molar-refractivity contribution in [3.63, 3.8) is 0 Å². The second-order valence-corrected chi connectivity index (χ2v) is 4.05. The summed E-state index contributed by atoms with van der Waals surface area (Å²) in [5, 5.41) is 0. The van der Waals surface area contributed by atoms with Gasteiger partial charge < -0.3 is 4.98 Å². The molecule has 0 fully saturated rings. The van der Waals surface area contributed by atoms with Gasteiger partial charge in [0.25, 0.3) is 12.0 Å². The predicted molar refractivity (Wildman–Crippen MR) is 62.8 cm³/mol. The average molecular weight is 238 g/mol. The third kappa shape index (κ3) is 2.18. The highest BCUT2D eigenvalue weighted by atomic mass is 19.3. The molecule has 3 nitrogen and oxygen atoms in total. The molecule has 0 atom stereocenters. The number of aliphatic imine (C=N–C) groups is 1. The second-order valence-electron chi connectivity index (χ2n) is 4.05. The van der Waals surface area contributed by atoms with E-state index in [4.69, 9.17) is 0 Å². The molecule has 0 spiro atoms. The molecule has 90 valence electrons. The van der Waals surface area contributed by atoms with Crippen molar-refractivity contribution in [1.82, 2.24) is 4.98 Å². The van der Waals surface area contributed by atoms with Gasteiger partial charge in [0.1, 0.15) is 5.71 Å². The third-order valence-corrected chi connectivity index (χ3v) is 2.66. The number of aromatic nitrogens is 1. The molecule has 5 heteroatoms. The van der Waals surface area contributed by atoms with Crippen LogP contribution in [0.5, 0.6) is 0 Å². The van der Waals surface area contributed by atoms with Crippen LogP contribution in [-0.4, -0.2) is 23.7 Å². The second kappa shape index (κ2) is 4.24. The molecule has 1 aliphatic rings. The Labute approximate surface area is 96.9 Å². The first-order valence-corrected chi connectivity index (χ1v) is 5.23. The van der Waals surface area contributed by atoms with Gasteiger partial charge in [-0.15, -0.1) is 0 Å². The lowest BCUT2D eigenvalue weighted by Gasteiger charge is -2.05. The van der Waals surface area contributed by atoms with Crippen LogP contribution in [0.4, 0.5) is 8.78 Å². The summed E-state index contributed by atoms with van der Waals surface area (Å²) in [6.45, 7) is 3.72. The molecule has 1 aliphatic heterocycles. The van der Waals surface area contributed by atoms with Crippen LogP contribution in [0.25, 0.3) is 5.57 Å². The van der Waals surface area contributed by atoms with Gasteiger partial charge in [0.05, 0.1) is 6.54 Å². The minimum Gasteiger partial charge on any atom is -0.326 e. The van der Waals surface area contributed by atoms with E-state index in [-0.39, 0.29) is 17.8 Å². The van der Waals surface area contributed by atoms with Crippen molar-refractivity contribution >= 4 is 11.3 Å². The minimum atomic E-state index is -2.59. The molecule has 0 saturated heterocycles. The summed E-state index contributed by atoms with van der Waals surface area (Å²) in [6, 6.07) is 1.82. The SMILES string of the molecule is Cc1cc(C)c(C2=CC(C(F)F)=NC2)c(=O)[nH]1. The molecular weight excluding hydrogens is 226 g/mol. The summed E-state index contributed by atoms with van der Waals surface area (Å²) in [5.74, 6) is 0. The van der Waals surface area contributed by atoms with Crippen LogP contribution < -0.4 is 5.56 Å². The Kier molecular flexibility index (Phi) is 2.92. The van der Waals surface area contributed by atoms with E-state index >= 15 is 0 Å². The Hall–Kier alpha value is -1.78. The molecule has 1 aromatic rings. The molecule has 0 saturated carbocycles. The number of H-pyrrole nitrogens is 1. The molecule has 0 amide bonds. The Bertz CT molecular complexity index is 570. The van der Waals surface area contributed by atoms with Gasteiger partial charge in [0.15, 0.2) is 0 Å². The number of aryl methyl sites for hydroxylation is 2. The number of hydrogen-bond acceptors (Lipinski definition) is 2. The van der Waals surface area contributed by atoms with Crippen LogP contribution >= 0.6 is 0 Å². The summed E-state index contributed by atoms with van der Waals surface area (Å²) >= 11 is 0. The summed E-state index contributed by atoms with van der Waals surface area (Å²) in [5.41, 5.74) is 2.04. The molecule has 1 aromatic heterocycles. The minimum absolute atomic E-state index is 0.145. The Morgan fingerprint density at radius 3 is 2.65 bits per heavy atom. The van der Waals surface area contributed by atoms with Crippen molar-refractivity contribution in [1.29, 1.82) is 0 Å². The van der Waals surface area contributed by atoms with Crippen LogP contribution in [-0.2, 0) is 0 Å². The first-order chi connectivity index (χ1) is 7.99. The molecule has 0 aliphatic carbocycles. The highest BCUT2D eigenvalue weighted by Crippen LogP contribution is 2.21. The number of pyridine rings is 1. The van der Waals surface area contributed by atoms with Crippen LogP contribution in [0.3, 0.4) is 0 Å². The zero-order chi connectivity index (χ0) is 12.6. The molecule has 0 unspecified atom stereocenters. The van der Waals surface area contributed by atoms with Gasteiger partial charge in [0, 0.05) is 11.3 Å². The van der Waals surface area contributed by atoms with E-state index in [2.05, 4.69) is 9.98 Å². The van der Waals surface area contributed by atoms with Gasteiger partial charge in [-0.25, -0.2) is 8.78 Å². The number of nitrogens with one attached hydrogen (secondary N) is 1. The van der Waals surface area contributed by atoms with Crippen molar-refractivity contribution < 1.29 is 8.78 Å². The summed E-state index contributed by atoms with van der Waals surface area (Å²) in [6.07, 6.45) is -1.28. The zero-order valence-electron chi connectivity index (χ0n) is 9.55. The number of hydrogen-bond donors (Lipinski definition) is 1. The number of halogens is 2. The van der Waals surface area contributed by atoms with E-state index in [9.17, 15) is 13.6 Å². The Morgan fingerprint density at radius 2 is 2.12 bits per heavy atom. The van der Waals surface area contributed by atoms with E-state index in [0.717, 1.165) is 11.3 Å². The maximum Gasteiger partial charge on any atom is 0.279 e. The van der Waals surface area contributed by atoms with E-state index in [1.165, 1.54) is 6.08 Å². The van der Waals surface area contributed by atoms with Crippen molar-refractivity contribution in [3.05, 3.63) is 39.3 Å². The van der Waals surface area contributed by atoms with Gasteiger partial charge >= 0.3 is 0 Å². The van der Waals surface area contributed by atoms with E-state index in [1.54, 1.807) is 13.8 Å². The molecular formula is C12H12F2N2O. The first-order valence-electron chi connectivity index (χ1n) is 5.23. The Balaban J connectivity index is 2.45. The Morgan fingerprint density at radius 1 is 1.41 bits per heavy atom. The zero-order valence-corrected chi connectivity index (χ0v) is 9.55. The number of allylic oxidation sites excluding steroid dienone is 1. The smallest absolute Gasteiger partial charge is 0.279 e. The van der Waals surface area contributed by atoms with Gasteiger partial charge in [-0.1, -0.05) is 0 Å². The fourth-order valence-corrected chi connectivity index (χ4v) is 1.98. The standard InChI is InChI=1S/C12H12F2N2O/c1-6-3-7(2)16-12(17)10(6)8-4-9(11(13)14)15-5-8/h3-4,11H,5H2,1-2H3,(H,16,17). The molecule has 0 bridgehead atoms. The first kappa shape index (κ1) is 11.7. The average Bonchev–Trinajstić information content (AvgIpc) is 2.65. The molecule has 2 heterocycles. The van der Waals surface area contributed by atoms with Crippen molar-refractivity contribution in [2.75, 3.05) is 6.54 Å². The van der Waals surface area contributed by atoms with E-state index in [1.807, 2.05) is 6.07 Å². The summed E-state index contributed by atoms with van der Waals surface area (Å²) in [7, 11) is 0. The highest BCUT2D eigenvalue weighted by Gasteiger charge is 2.20. The predicted octanol–water partition coefficient (Wildman–Crippen LogP) is 2.09. The molecule has 17 heavy (non-hydrogen) atoms. The third-order valence-electron chi connectivity index (χ3n) is 2.66. The number of rotatable bonds is 2. The molecule has 0 radical (unpaired) electrons. The highest BCUT2D eigenvalue weighted by molar-refractivity contribution is 6.06. The maximum atomic E-state index is 12.4. The number of nitrogens with zero attached hydrogens (tertiary/aromatic N) is 1. The fourth-order valence-electron chi connectivity index (χ4n) is 1.98. The van der Waals surface area contributed by atoms with Gasteiger partial charge in [-0.3, -0.25) is 9.79 Å². The monoisotopic (exact) mass is 238 g/mol. The maximum absolute atomic E-state index is 12.4. The quantitative estimate of drug-likeness (QED) is 0.842. The topological polar surface area (TPSA) is 45.2 Å². The number of aromatic amines is 1. The van der Waals surface area contributed by atoms with Crippen LogP contribution in [0.2, 0.25) is 0 Å². The van der Waals surface area contributed by atoms with E-state index < -0.39 is 6.43 Å². The van der Waals surface area contributed by atoms with Crippen LogP contribution in [0.15, 0.2) is 21.9 Å². The van der Waals surface area contributed by atoms with Gasteiger partial charge in [0.2, 0.25) is 0 Å². The fraction of sp³-hybridized carbons (Fsp3) is 0.333.